The minimum absolute atomic E-state index is 0.427. The van der Waals surface area contributed by atoms with Crippen LogP contribution in [-0.4, -0.2) is 16.6 Å². The molecule has 0 aromatic carbocycles. The average Bonchev–Trinajstić information content (AvgIpc) is 2.89. The largest absolute Gasteiger partial charge is 0.334 e. The Balaban J connectivity index is 2.12. The van der Waals surface area contributed by atoms with Crippen LogP contribution >= 0.6 is 0 Å². The fraction of sp³-hybridized carbons (Fsp3) is 0.812. The van der Waals surface area contributed by atoms with Crippen molar-refractivity contribution in [2.24, 2.45) is 11.8 Å². The Morgan fingerprint density at radius 3 is 2.95 bits per heavy atom. The number of aromatic nitrogens is 2. The molecule has 0 aliphatic heterocycles. The van der Waals surface area contributed by atoms with Crippen LogP contribution in [0, 0.1) is 11.8 Å². The molecule has 0 bridgehead atoms. The second-order valence-electron chi connectivity index (χ2n) is 5.95. The van der Waals surface area contributed by atoms with E-state index in [9.17, 15) is 0 Å². The van der Waals surface area contributed by atoms with Crippen LogP contribution < -0.4 is 5.32 Å². The average molecular weight is 263 g/mol. The molecule has 3 unspecified atom stereocenters. The maximum absolute atomic E-state index is 4.63. The van der Waals surface area contributed by atoms with Crippen molar-refractivity contribution in [1.29, 1.82) is 0 Å². The third-order valence-corrected chi connectivity index (χ3v) is 4.67. The normalized spacial score (nSPS) is 25.4. The first-order valence-corrected chi connectivity index (χ1v) is 7.98. The summed E-state index contributed by atoms with van der Waals surface area (Å²) in [5.41, 5.74) is 0. The molecule has 1 aromatic heterocycles. The molecule has 1 aliphatic carbocycles. The summed E-state index contributed by atoms with van der Waals surface area (Å²) < 4.78 is 2.33. The first-order chi connectivity index (χ1) is 9.30. The van der Waals surface area contributed by atoms with Crippen LogP contribution in [0.3, 0.4) is 0 Å². The maximum Gasteiger partial charge on any atom is 0.126 e. The van der Waals surface area contributed by atoms with Crippen molar-refractivity contribution in [2.45, 2.75) is 65.0 Å². The van der Waals surface area contributed by atoms with Crippen LogP contribution in [0.5, 0.6) is 0 Å². The van der Waals surface area contributed by atoms with Gasteiger partial charge in [0.2, 0.25) is 0 Å². The first kappa shape index (κ1) is 14.6. The number of nitrogens with zero attached hydrogens (tertiary/aromatic N) is 2. The van der Waals surface area contributed by atoms with E-state index < -0.39 is 0 Å². The van der Waals surface area contributed by atoms with Gasteiger partial charge in [0.1, 0.15) is 5.82 Å². The summed E-state index contributed by atoms with van der Waals surface area (Å²) in [5, 5.41) is 3.53. The zero-order chi connectivity index (χ0) is 13.7. The molecule has 1 heterocycles. The van der Waals surface area contributed by atoms with Gasteiger partial charge in [-0.15, -0.1) is 0 Å². The molecule has 19 heavy (non-hydrogen) atoms. The highest BCUT2D eigenvalue weighted by Crippen LogP contribution is 2.37. The summed E-state index contributed by atoms with van der Waals surface area (Å²) in [6.45, 7) is 5.64. The van der Waals surface area contributed by atoms with Crippen molar-refractivity contribution in [3.05, 3.63) is 18.2 Å². The van der Waals surface area contributed by atoms with Gasteiger partial charge in [-0.25, -0.2) is 4.98 Å². The lowest BCUT2D eigenvalue weighted by molar-refractivity contribution is 0.207. The predicted octanol–water partition coefficient (Wildman–Crippen LogP) is 3.77. The molecule has 0 spiro atoms. The molecular weight excluding hydrogens is 234 g/mol. The van der Waals surface area contributed by atoms with Crippen LogP contribution in [0.4, 0.5) is 0 Å². The summed E-state index contributed by atoms with van der Waals surface area (Å²) in [5.74, 6) is 2.91. The number of hydrogen-bond acceptors (Lipinski definition) is 2. The van der Waals surface area contributed by atoms with Gasteiger partial charge in [0, 0.05) is 18.9 Å². The minimum atomic E-state index is 0.427. The lowest BCUT2D eigenvalue weighted by Crippen LogP contribution is -2.31. The van der Waals surface area contributed by atoms with E-state index in [1.165, 1.54) is 44.3 Å². The van der Waals surface area contributed by atoms with Crippen molar-refractivity contribution in [1.82, 2.24) is 14.9 Å². The predicted molar refractivity (Wildman–Crippen MR) is 80.1 cm³/mol. The highest BCUT2D eigenvalue weighted by Gasteiger charge is 2.30. The molecule has 2 rings (SSSR count). The van der Waals surface area contributed by atoms with Gasteiger partial charge in [-0.2, -0.15) is 0 Å². The van der Waals surface area contributed by atoms with Gasteiger partial charge < -0.3 is 9.88 Å². The molecule has 0 radical (unpaired) electrons. The van der Waals surface area contributed by atoms with Crippen molar-refractivity contribution in [2.75, 3.05) is 7.05 Å². The zero-order valence-corrected chi connectivity index (χ0v) is 12.7. The summed E-state index contributed by atoms with van der Waals surface area (Å²) >= 11 is 0. The lowest BCUT2D eigenvalue weighted by Gasteiger charge is -2.34. The van der Waals surface area contributed by atoms with Gasteiger partial charge in [-0.1, -0.05) is 33.1 Å². The molecule has 1 aromatic rings. The Hall–Kier alpha value is -0.830. The van der Waals surface area contributed by atoms with Crippen molar-refractivity contribution >= 4 is 0 Å². The quantitative estimate of drug-likeness (QED) is 0.846. The van der Waals surface area contributed by atoms with Crippen LogP contribution in [0.2, 0.25) is 0 Å². The van der Waals surface area contributed by atoms with E-state index in [2.05, 4.69) is 42.0 Å². The SMILES string of the molecule is CCCn1ccnc1C(NC)C1CCCC(CC)C1. The molecule has 3 heteroatoms. The fourth-order valence-electron chi connectivity index (χ4n) is 3.61. The van der Waals surface area contributed by atoms with Gasteiger partial charge in [0.15, 0.2) is 0 Å². The van der Waals surface area contributed by atoms with Gasteiger partial charge >= 0.3 is 0 Å². The monoisotopic (exact) mass is 263 g/mol. The summed E-state index contributed by atoms with van der Waals surface area (Å²) in [4.78, 5) is 4.63. The molecule has 0 amide bonds. The molecule has 0 saturated heterocycles. The van der Waals surface area contributed by atoms with E-state index in [0.717, 1.165) is 18.4 Å². The summed E-state index contributed by atoms with van der Waals surface area (Å²) in [6, 6.07) is 0.427. The van der Waals surface area contributed by atoms with E-state index in [1.54, 1.807) is 0 Å². The van der Waals surface area contributed by atoms with Crippen LogP contribution in [0.15, 0.2) is 12.4 Å². The Morgan fingerprint density at radius 1 is 1.42 bits per heavy atom. The Labute approximate surface area is 117 Å². The van der Waals surface area contributed by atoms with E-state index in [1.807, 2.05) is 6.20 Å². The van der Waals surface area contributed by atoms with Crippen molar-refractivity contribution in [3.8, 4) is 0 Å². The molecule has 108 valence electrons. The van der Waals surface area contributed by atoms with Crippen molar-refractivity contribution in [3.63, 3.8) is 0 Å². The van der Waals surface area contributed by atoms with E-state index >= 15 is 0 Å². The van der Waals surface area contributed by atoms with E-state index in [-0.39, 0.29) is 0 Å². The Morgan fingerprint density at radius 2 is 2.26 bits per heavy atom. The Kier molecular flexibility index (Phi) is 5.44. The molecule has 1 aliphatic rings. The third kappa shape index (κ3) is 3.38. The van der Waals surface area contributed by atoms with Crippen LogP contribution in [0.25, 0.3) is 0 Å². The van der Waals surface area contributed by atoms with E-state index in [0.29, 0.717) is 6.04 Å². The summed E-state index contributed by atoms with van der Waals surface area (Å²) in [7, 11) is 2.09. The second-order valence-corrected chi connectivity index (χ2v) is 5.95. The molecule has 1 N–H and O–H groups in total. The van der Waals surface area contributed by atoms with Gasteiger partial charge in [0.05, 0.1) is 6.04 Å². The number of aryl methyl sites for hydroxylation is 1. The minimum Gasteiger partial charge on any atom is -0.334 e. The lowest BCUT2D eigenvalue weighted by atomic mass is 9.76. The topological polar surface area (TPSA) is 29.9 Å². The first-order valence-electron chi connectivity index (χ1n) is 7.98. The number of hydrogen-bond donors (Lipinski definition) is 1. The molecule has 1 saturated carbocycles. The summed E-state index contributed by atoms with van der Waals surface area (Å²) in [6.07, 6.45) is 12.1. The van der Waals surface area contributed by atoms with Gasteiger partial charge in [-0.3, -0.25) is 0 Å². The standard InChI is InChI=1S/C16H29N3/c1-4-10-19-11-9-18-16(19)15(17-3)14-8-6-7-13(5-2)12-14/h9,11,13-15,17H,4-8,10,12H2,1-3H3. The molecular formula is C16H29N3. The van der Waals surface area contributed by atoms with Gasteiger partial charge in [-0.05, 0) is 38.1 Å². The number of nitrogens with one attached hydrogen (secondary N) is 1. The van der Waals surface area contributed by atoms with Crippen LogP contribution in [0.1, 0.15) is 64.2 Å². The molecule has 1 fully saturated rings. The number of imidazole rings is 1. The fourth-order valence-corrected chi connectivity index (χ4v) is 3.61. The van der Waals surface area contributed by atoms with Gasteiger partial charge in [0.25, 0.3) is 0 Å². The van der Waals surface area contributed by atoms with Crippen molar-refractivity contribution < 1.29 is 0 Å². The number of rotatable bonds is 6. The van der Waals surface area contributed by atoms with E-state index in [4.69, 9.17) is 0 Å². The third-order valence-electron chi connectivity index (χ3n) is 4.67. The smallest absolute Gasteiger partial charge is 0.126 e. The molecule has 3 nitrogen and oxygen atoms in total. The highest BCUT2D eigenvalue weighted by molar-refractivity contribution is 5.02. The van der Waals surface area contributed by atoms with Crippen LogP contribution in [-0.2, 0) is 6.54 Å². The highest BCUT2D eigenvalue weighted by atomic mass is 15.1. The molecule has 3 atom stereocenters. The maximum atomic E-state index is 4.63. The Bertz CT molecular complexity index is 372. The zero-order valence-electron chi connectivity index (χ0n) is 12.7. The second kappa shape index (κ2) is 7.09.